The average Bonchev–Trinajstić information content (AvgIpc) is 3.33. The molecule has 4 aliphatic rings. The van der Waals surface area contributed by atoms with Crippen LogP contribution in [0, 0.1) is 11.3 Å². The van der Waals surface area contributed by atoms with Crippen LogP contribution in [-0.4, -0.2) is 81.9 Å². The molecule has 4 aliphatic heterocycles. The van der Waals surface area contributed by atoms with Crippen molar-refractivity contribution in [2.75, 3.05) is 26.3 Å². The minimum absolute atomic E-state index is 0.110. The number of piperidine rings is 2. The van der Waals surface area contributed by atoms with Gasteiger partial charge >= 0.3 is 12.4 Å². The van der Waals surface area contributed by atoms with Gasteiger partial charge < -0.3 is 20.1 Å². The number of carbonyl (C=O) groups excluding carboxylic acids is 3. The summed E-state index contributed by atoms with van der Waals surface area (Å²) in [6, 6.07) is 17.3. The number of halogens is 6. The van der Waals surface area contributed by atoms with E-state index < -0.39 is 65.4 Å². The number of nitrogens with one attached hydrogen (secondary N) is 2. The third kappa shape index (κ3) is 12.1. The van der Waals surface area contributed by atoms with Crippen molar-refractivity contribution in [2.24, 2.45) is 0 Å². The maximum absolute atomic E-state index is 13.3. The van der Waals surface area contributed by atoms with Crippen LogP contribution < -0.4 is 20.1 Å². The predicted octanol–water partition coefficient (Wildman–Crippen LogP) is 8.24. The zero-order valence-corrected chi connectivity index (χ0v) is 39.1. The molecule has 70 heavy (non-hydrogen) atoms. The van der Waals surface area contributed by atoms with Crippen LogP contribution in [0.15, 0.2) is 94.7 Å². The predicted molar refractivity (Wildman–Crippen MR) is 240 cm³/mol. The van der Waals surface area contributed by atoms with Crippen molar-refractivity contribution in [3.8, 4) is 17.6 Å². The molecule has 0 aliphatic carbocycles. The first kappa shape index (κ1) is 51.8. The zero-order valence-electron chi connectivity index (χ0n) is 37.5. The van der Waals surface area contributed by atoms with Crippen molar-refractivity contribution >= 4 is 38.1 Å². The highest BCUT2D eigenvalue weighted by molar-refractivity contribution is 7.89. The minimum Gasteiger partial charge on any atom is -0.493 e. The topological polar surface area (TPSA) is 192 Å². The van der Waals surface area contributed by atoms with Crippen LogP contribution in [0.1, 0.15) is 114 Å². The summed E-state index contributed by atoms with van der Waals surface area (Å²) in [6.07, 6.45) is -4.43. The van der Waals surface area contributed by atoms with Crippen LogP contribution >= 0.6 is 0 Å². The van der Waals surface area contributed by atoms with E-state index in [1.165, 1.54) is 0 Å². The number of benzene rings is 4. The highest BCUT2D eigenvalue weighted by Crippen LogP contribution is 2.37. The molecule has 14 nitrogen and oxygen atoms in total. The normalized spacial score (nSPS) is 20.9. The molecule has 2 N–H and O–H groups in total. The molecular weight excluding hydrogens is 969 g/mol. The van der Waals surface area contributed by atoms with E-state index in [-0.39, 0.29) is 49.8 Å². The number of nitrogens with zero attached hydrogens (tertiary/aromatic N) is 3. The van der Waals surface area contributed by atoms with E-state index in [9.17, 15) is 57.6 Å². The SMILES string of the molecule is N#Cc1ccc2c(c1)OCC[C@H]2NC(=O)CC1CCCCN1S(=O)(=O)c1cccc(C(F)(F)F)c1.O=Cc1ccc2c(c1)OCC[C@H]2NC(=O)CC1CCCCN1S(=O)(=O)c1cccc(C(F)(F)F)c1. The van der Waals surface area contributed by atoms with E-state index in [0.29, 0.717) is 106 Å². The van der Waals surface area contributed by atoms with Crippen LogP contribution in [0.4, 0.5) is 26.3 Å². The number of hydrogen-bond acceptors (Lipinski definition) is 10. The number of hydrogen-bond donors (Lipinski definition) is 2. The summed E-state index contributed by atoms with van der Waals surface area (Å²) < 4.78 is 145. The van der Waals surface area contributed by atoms with Gasteiger partial charge in [-0.1, -0.05) is 43.2 Å². The molecule has 0 bridgehead atoms. The molecule has 4 heterocycles. The van der Waals surface area contributed by atoms with Gasteiger partial charge in [0.2, 0.25) is 31.9 Å². The number of aldehydes is 1. The monoisotopic (exact) mass is 1020 g/mol. The summed E-state index contributed by atoms with van der Waals surface area (Å²) in [4.78, 5) is 36.0. The largest absolute Gasteiger partial charge is 0.493 e. The van der Waals surface area contributed by atoms with Gasteiger partial charge in [-0.15, -0.1) is 0 Å². The minimum atomic E-state index is -4.67. The fourth-order valence-electron chi connectivity index (χ4n) is 9.10. The Morgan fingerprint density at radius 1 is 0.643 bits per heavy atom. The molecule has 4 atom stereocenters. The van der Waals surface area contributed by atoms with Gasteiger partial charge in [-0.05, 0) is 80.3 Å². The molecule has 0 saturated carbocycles. The average molecular weight is 1020 g/mol. The summed E-state index contributed by atoms with van der Waals surface area (Å²) in [5.74, 6) is 0.311. The lowest BCUT2D eigenvalue weighted by molar-refractivity contribution is -0.138. The number of amides is 2. The van der Waals surface area contributed by atoms with Gasteiger partial charge in [-0.25, -0.2) is 16.8 Å². The molecule has 8 rings (SSSR count). The lowest BCUT2D eigenvalue weighted by Gasteiger charge is -2.35. The van der Waals surface area contributed by atoms with Gasteiger partial charge in [0, 0.05) is 67.5 Å². The summed E-state index contributed by atoms with van der Waals surface area (Å²) in [5, 5.41) is 14.9. The van der Waals surface area contributed by atoms with Crippen molar-refractivity contribution in [2.45, 2.75) is 111 Å². The van der Waals surface area contributed by atoms with Crippen molar-refractivity contribution in [1.29, 1.82) is 5.26 Å². The number of sulfonamides is 2. The second-order valence-corrected chi connectivity index (χ2v) is 21.1. The molecular formula is C48H49F6N5O9S2. The first-order chi connectivity index (χ1) is 33.2. The van der Waals surface area contributed by atoms with Gasteiger partial charge in [0.15, 0.2) is 0 Å². The Kier molecular flexibility index (Phi) is 15.9. The van der Waals surface area contributed by atoms with Crippen LogP contribution in [0.2, 0.25) is 0 Å². The first-order valence-corrected chi connectivity index (χ1v) is 25.4. The van der Waals surface area contributed by atoms with Gasteiger partial charge in [0.05, 0.1) is 57.8 Å². The van der Waals surface area contributed by atoms with Crippen LogP contribution in [0.3, 0.4) is 0 Å². The van der Waals surface area contributed by atoms with E-state index in [2.05, 4.69) is 10.6 Å². The number of nitriles is 1. The van der Waals surface area contributed by atoms with Crippen LogP contribution in [0.25, 0.3) is 0 Å². The van der Waals surface area contributed by atoms with Crippen LogP contribution in [-0.2, 0) is 42.0 Å². The number of alkyl halides is 6. The van der Waals surface area contributed by atoms with Crippen molar-refractivity contribution in [3.63, 3.8) is 0 Å². The van der Waals surface area contributed by atoms with Gasteiger partial charge in [-0.2, -0.15) is 40.2 Å². The third-order valence-electron chi connectivity index (χ3n) is 12.6. The summed E-state index contributed by atoms with van der Waals surface area (Å²) >= 11 is 0. The van der Waals surface area contributed by atoms with E-state index in [4.69, 9.17) is 14.7 Å². The Morgan fingerprint density at radius 3 is 1.54 bits per heavy atom. The molecule has 22 heteroatoms. The second kappa shape index (κ2) is 21.5. The number of carbonyl (C=O) groups is 3. The number of ether oxygens (including phenoxy) is 2. The van der Waals surface area contributed by atoms with E-state index in [0.717, 1.165) is 56.1 Å². The fraction of sp³-hybridized carbons (Fsp3) is 0.417. The standard InChI is InChI=1S/C24H24F3N3O4S.C24H25F3N2O5S/c25-24(26,27)17-4-3-6-19(13-17)35(32,33)30-10-2-1-5-18(30)14-23(31)29-21-9-11-34-22-12-16(15-28)7-8-20(21)22;25-24(26,27)17-4-3-6-19(13-17)35(32,33)29-10-2-1-5-18(29)14-23(31)28-21-9-11-34-22-12-16(15-30)7-8-20(21)22/h3-4,6-8,12-13,18,21H,1-2,5,9-11,14H2,(H,29,31);3-4,6-8,12-13,15,18,21H,1-2,5,9-11,14H2,(H,28,31)/t2*18?,21-/m11/s1. The fourth-order valence-corrected chi connectivity index (χ4v) is 12.6. The van der Waals surface area contributed by atoms with E-state index >= 15 is 0 Å². The molecule has 2 fully saturated rings. The summed E-state index contributed by atoms with van der Waals surface area (Å²) in [5.41, 5.74) is 0.276. The molecule has 2 unspecified atom stereocenters. The number of rotatable bonds is 11. The first-order valence-electron chi connectivity index (χ1n) is 22.5. The molecule has 4 aromatic rings. The Morgan fingerprint density at radius 2 is 1.10 bits per heavy atom. The van der Waals surface area contributed by atoms with Gasteiger partial charge in [0.25, 0.3) is 0 Å². The molecule has 374 valence electrons. The van der Waals surface area contributed by atoms with Gasteiger partial charge in [0.1, 0.15) is 17.8 Å². The molecule has 2 amide bonds. The second-order valence-electron chi connectivity index (χ2n) is 17.3. The molecule has 0 aromatic heterocycles. The maximum atomic E-state index is 13.3. The Labute approximate surface area is 401 Å². The highest BCUT2D eigenvalue weighted by Gasteiger charge is 2.40. The van der Waals surface area contributed by atoms with Crippen molar-refractivity contribution in [3.05, 3.63) is 118 Å². The molecule has 0 radical (unpaired) electrons. The highest BCUT2D eigenvalue weighted by atomic mass is 32.2. The third-order valence-corrected chi connectivity index (χ3v) is 16.5. The van der Waals surface area contributed by atoms with Crippen molar-refractivity contribution in [1.82, 2.24) is 19.2 Å². The smallest absolute Gasteiger partial charge is 0.416 e. The lowest BCUT2D eigenvalue weighted by atomic mass is 9.97. The summed E-state index contributed by atoms with van der Waals surface area (Å²) in [7, 11) is -8.46. The molecule has 0 spiro atoms. The maximum Gasteiger partial charge on any atom is 0.416 e. The van der Waals surface area contributed by atoms with Crippen LogP contribution in [0.5, 0.6) is 11.5 Å². The van der Waals surface area contributed by atoms with E-state index in [1.807, 2.05) is 6.07 Å². The molecule has 4 aromatic carbocycles. The van der Waals surface area contributed by atoms with Crippen molar-refractivity contribution < 1.29 is 67.0 Å². The Bertz CT molecular complexity index is 2860. The zero-order chi connectivity index (χ0) is 50.4. The quantitative estimate of drug-likeness (QED) is 0.109. The van der Waals surface area contributed by atoms with Gasteiger partial charge in [-0.3, -0.25) is 14.4 Å². The van der Waals surface area contributed by atoms with E-state index in [1.54, 1.807) is 36.4 Å². The summed E-state index contributed by atoms with van der Waals surface area (Å²) in [6.45, 7) is 0.963. The molecule has 2 saturated heterocycles. The Hall–Kier alpha value is -6.02. The lowest BCUT2D eigenvalue weighted by Crippen LogP contribution is -2.46. The Balaban J connectivity index is 0.000000206. The number of fused-ring (bicyclic) bond motifs is 2.